The summed E-state index contributed by atoms with van der Waals surface area (Å²) in [6, 6.07) is 11.3. The predicted molar refractivity (Wildman–Crippen MR) is 94.6 cm³/mol. The molecule has 0 radical (unpaired) electrons. The van der Waals surface area contributed by atoms with E-state index in [4.69, 9.17) is 0 Å². The van der Waals surface area contributed by atoms with Crippen LogP contribution < -0.4 is 5.32 Å². The zero-order chi connectivity index (χ0) is 17.3. The van der Waals surface area contributed by atoms with Crippen LogP contribution in [0, 0.1) is 13.8 Å². The van der Waals surface area contributed by atoms with Crippen molar-refractivity contribution in [2.45, 2.75) is 19.9 Å². The molecule has 1 unspecified atom stereocenters. The largest absolute Gasteiger partial charge is 0.478 e. The lowest BCUT2D eigenvalue weighted by Gasteiger charge is -2.17. The van der Waals surface area contributed by atoms with Gasteiger partial charge < -0.3 is 14.8 Å². The van der Waals surface area contributed by atoms with Crippen LogP contribution in [-0.4, -0.2) is 20.5 Å². The van der Waals surface area contributed by atoms with Crippen LogP contribution in [-0.2, 0) is 0 Å². The zero-order valence-electron chi connectivity index (χ0n) is 13.7. The van der Waals surface area contributed by atoms with Crippen LogP contribution >= 0.6 is 0 Å². The molecule has 0 bridgehead atoms. The van der Waals surface area contributed by atoms with Crippen LogP contribution in [0.25, 0.3) is 5.65 Å². The van der Waals surface area contributed by atoms with Crippen LogP contribution in [0.3, 0.4) is 0 Å². The average molecular weight is 321 g/mol. The Kier molecular flexibility index (Phi) is 4.08. The van der Waals surface area contributed by atoms with Gasteiger partial charge in [-0.3, -0.25) is 0 Å². The van der Waals surface area contributed by atoms with E-state index in [1.54, 1.807) is 18.3 Å². The first kappa shape index (κ1) is 15.8. The van der Waals surface area contributed by atoms with E-state index < -0.39 is 5.97 Å². The smallest absolute Gasteiger partial charge is 0.337 e. The quantitative estimate of drug-likeness (QED) is 0.697. The molecular formula is C19H19N3O2. The molecule has 1 atom stereocenters. The van der Waals surface area contributed by atoms with Crippen LogP contribution in [0.15, 0.2) is 55.3 Å². The maximum Gasteiger partial charge on any atom is 0.337 e. The number of pyridine rings is 1. The van der Waals surface area contributed by atoms with E-state index in [1.807, 2.05) is 48.6 Å². The van der Waals surface area contributed by atoms with Gasteiger partial charge in [0, 0.05) is 11.9 Å². The third kappa shape index (κ3) is 2.76. The number of aryl methyl sites for hydroxylation is 2. The number of aromatic carboxylic acids is 1. The first-order valence-corrected chi connectivity index (χ1v) is 7.68. The summed E-state index contributed by atoms with van der Waals surface area (Å²) in [5, 5.41) is 12.8. The van der Waals surface area contributed by atoms with E-state index >= 15 is 0 Å². The van der Waals surface area contributed by atoms with Gasteiger partial charge in [0.2, 0.25) is 0 Å². The molecule has 0 fully saturated rings. The molecule has 0 saturated heterocycles. The molecule has 0 spiro atoms. The highest BCUT2D eigenvalue weighted by molar-refractivity contribution is 5.90. The zero-order valence-corrected chi connectivity index (χ0v) is 13.7. The Balaban J connectivity index is 2.12. The summed E-state index contributed by atoms with van der Waals surface area (Å²) in [7, 11) is 0. The second-order valence-corrected chi connectivity index (χ2v) is 5.69. The van der Waals surface area contributed by atoms with Crippen LogP contribution in [0.4, 0.5) is 5.69 Å². The van der Waals surface area contributed by atoms with E-state index in [0.29, 0.717) is 11.3 Å². The van der Waals surface area contributed by atoms with Gasteiger partial charge in [-0.1, -0.05) is 36.4 Å². The second-order valence-electron chi connectivity index (χ2n) is 5.69. The van der Waals surface area contributed by atoms with Crippen molar-refractivity contribution in [2.24, 2.45) is 0 Å². The molecule has 2 N–H and O–H groups in total. The molecule has 0 aliphatic rings. The molecule has 3 aromatic rings. The summed E-state index contributed by atoms with van der Waals surface area (Å²) < 4.78 is 1.81. The van der Waals surface area contributed by atoms with Crippen molar-refractivity contribution in [1.29, 1.82) is 0 Å². The molecule has 1 aromatic carbocycles. The average Bonchev–Trinajstić information content (AvgIpc) is 2.88. The minimum Gasteiger partial charge on any atom is -0.478 e. The number of imidazole rings is 1. The topological polar surface area (TPSA) is 66.6 Å². The molecular weight excluding hydrogens is 302 g/mol. The number of hydrogen-bond donors (Lipinski definition) is 2. The van der Waals surface area contributed by atoms with Crippen LogP contribution in [0.5, 0.6) is 0 Å². The van der Waals surface area contributed by atoms with Crippen molar-refractivity contribution < 1.29 is 9.90 Å². The number of nitrogens with one attached hydrogen (secondary N) is 1. The van der Waals surface area contributed by atoms with E-state index in [-0.39, 0.29) is 11.6 Å². The number of aromatic nitrogens is 2. The fraction of sp³-hybridized carbons (Fsp3) is 0.158. The summed E-state index contributed by atoms with van der Waals surface area (Å²) in [4.78, 5) is 16.0. The molecule has 0 aliphatic carbocycles. The highest BCUT2D eigenvalue weighted by Crippen LogP contribution is 2.26. The molecule has 5 nitrogen and oxygen atoms in total. The molecule has 122 valence electrons. The molecule has 0 aliphatic heterocycles. The number of carboxylic acids is 1. The summed E-state index contributed by atoms with van der Waals surface area (Å²) >= 11 is 0. The Morgan fingerprint density at radius 3 is 2.67 bits per heavy atom. The highest BCUT2D eigenvalue weighted by atomic mass is 16.4. The Morgan fingerprint density at radius 2 is 2.04 bits per heavy atom. The lowest BCUT2D eigenvalue weighted by atomic mass is 10.1. The first-order valence-electron chi connectivity index (χ1n) is 7.68. The van der Waals surface area contributed by atoms with Crippen molar-refractivity contribution >= 4 is 17.3 Å². The Labute approximate surface area is 140 Å². The van der Waals surface area contributed by atoms with Gasteiger partial charge >= 0.3 is 5.97 Å². The monoisotopic (exact) mass is 321 g/mol. The van der Waals surface area contributed by atoms with Crippen molar-refractivity contribution in [1.82, 2.24) is 9.38 Å². The molecule has 2 heterocycles. The van der Waals surface area contributed by atoms with Gasteiger partial charge in [-0.2, -0.15) is 0 Å². The summed E-state index contributed by atoms with van der Waals surface area (Å²) in [6.07, 6.45) is 3.39. The number of carbonyl (C=O) groups is 1. The van der Waals surface area contributed by atoms with E-state index in [1.165, 1.54) is 0 Å². The number of carboxylic acid groups (broad SMARTS) is 1. The number of anilines is 1. The number of nitrogens with zero attached hydrogens (tertiary/aromatic N) is 2. The molecule has 24 heavy (non-hydrogen) atoms. The van der Waals surface area contributed by atoms with E-state index in [9.17, 15) is 9.90 Å². The molecule has 0 saturated carbocycles. The van der Waals surface area contributed by atoms with E-state index in [2.05, 4.69) is 16.9 Å². The first-order chi connectivity index (χ1) is 11.5. The molecule has 2 aromatic heterocycles. The van der Waals surface area contributed by atoms with Gasteiger partial charge in [0.05, 0.1) is 23.0 Å². The lowest BCUT2D eigenvalue weighted by Crippen LogP contribution is -2.10. The summed E-state index contributed by atoms with van der Waals surface area (Å²) in [6.45, 7) is 7.72. The number of benzene rings is 1. The summed E-state index contributed by atoms with van der Waals surface area (Å²) in [5.41, 5.74) is 4.42. The van der Waals surface area contributed by atoms with Gasteiger partial charge in [-0.05, 0) is 25.5 Å². The number of fused-ring (bicyclic) bond motifs is 1. The van der Waals surface area contributed by atoms with Crippen LogP contribution in [0.1, 0.15) is 33.4 Å². The van der Waals surface area contributed by atoms with Gasteiger partial charge in [0.1, 0.15) is 0 Å². The minimum absolute atomic E-state index is 0.142. The lowest BCUT2D eigenvalue weighted by molar-refractivity contribution is 0.0696. The normalized spacial score (nSPS) is 12.1. The van der Waals surface area contributed by atoms with Gasteiger partial charge in [0.25, 0.3) is 0 Å². The maximum absolute atomic E-state index is 11.5. The molecule has 3 rings (SSSR count). The van der Waals surface area contributed by atoms with Gasteiger partial charge in [-0.15, -0.1) is 6.58 Å². The van der Waals surface area contributed by atoms with Gasteiger partial charge in [0.15, 0.2) is 5.65 Å². The van der Waals surface area contributed by atoms with E-state index in [0.717, 1.165) is 17.0 Å². The standard InChI is InChI=1S/C19H19N3O2/c1-4-16(14-8-6-5-7-9-14)21-17-10-15(19(23)24)11-22-13(3)12(2)20-18(17)22/h4-11,16,21H,1H2,2-3H3,(H,23,24). The SMILES string of the molecule is C=CC(Nc1cc(C(=O)O)cn2c(C)c(C)nc12)c1ccccc1. The molecule has 0 amide bonds. The minimum atomic E-state index is -0.972. The predicted octanol–water partition coefficient (Wildman–Crippen LogP) is 3.99. The maximum atomic E-state index is 11.5. The van der Waals surface area contributed by atoms with Crippen molar-refractivity contribution in [3.8, 4) is 0 Å². The second kappa shape index (κ2) is 6.20. The summed E-state index contributed by atoms with van der Waals surface area (Å²) in [5.74, 6) is -0.972. The van der Waals surface area contributed by atoms with Crippen molar-refractivity contribution in [3.05, 3.63) is 77.8 Å². The van der Waals surface area contributed by atoms with Crippen LogP contribution in [0.2, 0.25) is 0 Å². The molecule has 5 heteroatoms. The Morgan fingerprint density at radius 1 is 1.33 bits per heavy atom. The van der Waals surface area contributed by atoms with Crippen molar-refractivity contribution in [2.75, 3.05) is 5.32 Å². The van der Waals surface area contributed by atoms with Gasteiger partial charge in [-0.25, -0.2) is 9.78 Å². The fourth-order valence-corrected chi connectivity index (χ4v) is 2.70. The third-order valence-corrected chi connectivity index (χ3v) is 4.15. The number of rotatable bonds is 5. The Hall–Kier alpha value is -3.08. The fourth-order valence-electron chi connectivity index (χ4n) is 2.70. The number of hydrogen-bond acceptors (Lipinski definition) is 3. The highest BCUT2D eigenvalue weighted by Gasteiger charge is 2.16. The van der Waals surface area contributed by atoms with Crippen molar-refractivity contribution in [3.63, 3.8) is 0 Å². The third-order valence-electron chi connectivity index (χ3n) is 4.15. The Bertz CT molecular complexity index is 913.